The molecule has 1 aliphatic heterocycles. The lowest BCUT2D eigenvalue weighted by atomic mass is 10.2. The Morgan fingerprint density at radius 3 is 2.77 bits per heavy atom. The molecule has 2 N–H and O–H groups in total. The highest BCUT2D eigenvalue weighted by Gasteiger charge is 2.11. The van der Waals surface area contributed by atoms with E-state index < -0.39 is 0 Å². The lowest BCUT2D eigenvalue weighted by molar-refractivity contribution is 0.0383. The molecule has 0 spiro atoms. The van der Waals surface area contributed by atoms with Crippen LogP contribution in [0.3, 0.4) is 0 Å². The summed E-state index contributed by atoms with van der Waals surface area (Å²) < 4.78 is 10.6. The summed E-state index contributed by atoms with van der Waals surface area (Å²) in [6.07, 6.45) is 1.64. The van der Waals surface area contributed by atoms with Gasteiger partial charge in [-0.1, -0.05) is 12.1 Å². The van der Waals surface area contributed by atoms with E-state index in [-0.39, 0.29) is 5.91 Å². The predicted octanol–water partition coefficient (Wildman–Crippen LogP) is 1.90. The molecule has 0 bridgehead atoms. The zero-order valence-corrected chi connectivity index (χ0v) is 14.9. The summed E-state index contributed by atoms with van der Waals surface area (Å²) in [5.74, 6) is 0.583. The second-order valence-electron chi connectivity index (χ2n) is 5.97. The van der Waals surface area contributed by atoms with E-state index in [9.17, 15) is 4.79 Å². The van der Waals surface area contributed by atoms with Crippen LogP contribution in [0.4, 0.5) is 11.4 Å². The van der Waals surface area contributed by atoms with Crippen LogP contribution in [0, 0.1) is 0 Å². The van der Waals surface area contributed by atoms with Crippen LogP contribution in [0.2, 0.25) is 0 Å². The normalized spacial score (nSPS) is 14.7. The zero-order valence-electron chi connectivity index (χ0n) is 14.9. The van der Waals surface area contributed by atoms with Gasteiger partial charge in [-0.3, -0.25) is 9.69 Å². The summed E-state index contributed by atoms with van der Waals surface area (Å²) in [5, 5.41) is 6.15. The maximum absolute atomic E-state index is 12.2. The molecule has 2 aromatic rings. The van der Waals surface area contributed by atoms with Gasteiger partial charge in [0.15, 0.2) is 0 Å². The number of morpholine rings is 1. The molecule has 0 radical (unpaired) electrons. The molecule has 2 heterocycles. The second-order valence-corrected chi connectivity index (χ2v) is 5.97. The molecule has 0 aliphatic carbocycles. The largest absolute Gasteiger partial charge is 0.495 e. The lowest BCUT2D eigenvalue weighted by Crippen LogP contribution is -2.41. The fourth-order valence-electron chi connectivity index (χ4n) is 2.75. The van der Waals surface area contributed by atoms with Crippen molar-refractivity contribution in [1.82, 2.24) is 15.2 Å². The topological polar surface area (TPSA) is 75.7 Å². The Balaban J connectivity index is 1.51. The number of benzene rings is 1. The van der Waals surface area contributed by atoms with E-state index in [0.29, 0.717) is 12.2 Å². The molecule has 1 fully saturated rings. The lowest BCUT2D eigenvalue weighted by Gasteiger charge is -2.26. The quantitative estimate of drug-likeness (QED) is 0.789. The third-order valence-electron chi connectivity index (χ3n) is 4.20. The Kier molecular flexibility index (Phi) is 6.40. The molecular formula is C19H24N4O3. The van der Waals surface area contributed by atoms with Crippen LogP contribution in [0.1, 0.15) is 10.5 Å². The van der Waals surface area contributed by atoms with Crippen molar-refractivity contribution in [3.63, 3.8) is 0 Å². The Bertz CT molecular complexity index is 715. The van der Waals surface area contributed by atoms with Gasteiger partial charge in [0.25, 0.3) is 5.91 Å². The van der Waals surface area contributed by atoms with Crippen molar-refractivity contribution in [2.24, 2.45) is 0 Å². The van der Waals surface area contributed by atoms with Crippen molar-refractivity contribution in [2.75, 3.05) is 51.8 Å². The highest BCUT2D eigenvalue weighted by molar-refractivity contribution is 5.92. The van der Waals surface area contributed by atoms with Gasteiger partial charge in [-0.15, -0.1) is 0 Å². The summed E-state index contributed by atoms with van der Waals surface area (Å²) in [7, 11) is 1.63. The van der Waals surface area contributed by atoms with Gasteiger partial charge in [0, 0.05) is 26.2 Å². The number of carbonyl (C=O) groups excluding carboxylic acids is 1. The number of rotatable bonds is 7. The van der Waals surface area contributed by atoms with Crippen molar-refractivity contribution in [1.29, 1.82) is 0 Å². The van der Waals surface area contributed by atoms with Gasteiger partial charge in [-0.05, 0) is 24.3 Å². The van der Waals surface area contributed by atoms with Crippen LogP contribution < -0.4 is 15.4 Å². The summed E-state index contributed by atoms with van der Waals surface area (Å²) >= 11 is 0. The Hall–Kier alpha value is -2.64. The van der Waals surface area contributed by atoms with Crippen LogP contribution in [-0.4, -0.2) is 62.3 Å². The molecule has 0 atom stereocenters. The predicted molar refractivity (Wildman–Crippen MR) is 100 cm³/mol. The van der Waals surface area contributed by atoms with Gasteiger partial charge in [-0.25, -0.2) is 4.98 Å². The molecule has 1 aromatic carbocycles. The first-order chi connectivity index (χ1) is 12.8. The van der Waals surface area contributed by atoms with E-state index >= 15 is 0 Å². The van der Waals surface area contributed by atoms with E-state index in [4.69, 9.17) is 9.47 Å². The van der Waals surface area contributed by atoms with Gasteiger partial charge in [0.1, 0.15) is 11.4 Å². The molecule has 7 heteroatoms. The first-order valence-electron chi connectivity index (χ1n) is 8.70. The molecule has 7 nitrogen and oxygen atoms in total. The average Bonchev–Trinajstić information content (AvgIpc) is 2.70. The van der Waals surface area contributed by atoms with E-state index in [2.05, 4.69) is 20.5 Å². The maximum Gasteiger partial charge on any atom is 0.269 e. The molecular weight excluding hydrogens is 332 g/mol. The third kappa shape index (κ3) is 4.93. The average molecular weight is 356 g/mol. The fourth-order valence-corrected chi connectivity index (χ4v) is 2.75. The van der Waals surface area contributed by atoms with Crippen molar-refractivity contribution < 1.29 is 14.3 Å². The molecule has 138 valence electrons. The smallest absolute Gasteiger partial charge is 0.269 e. The molecule has 1 aromatic heterocycles. The summed E-state index contributed by atoms with van der Waals surface area (Å²) in [4.78, 5) is 18.7. The number of amides is 1. The second kappa shape index (κ2) is 9.17. The van der Waals surface area contributed by atoms with Crippen molar-refractivity contribution in [2.45, 2.75) is 0 Å². The summed E-state index contributed by atoms with van der Waals surface area (Å²) in [6, 6.07) is 11.2. The molecule has 3 rings (SSSR count). The van der Waals surface area contributed by atoms with E-state index in [0.717, 1.165) is 50.0 Å². The number of aromatic nitrogens is 1. The number of methoxy groups -OCH3 is 1. The number of nitrogens with one attached hydrogen (secondary N) is 2. The highest BCUT2D eigenvalue weighted by atomic mass is 16.5. The number of anilines is 2. The van der Waals surface area contributed by atoms with Gasteiger partial charge in [0.05, 0.1) is 37.9 Å². The van der Waals surface area contributed by atoms with Gasteiger partial charge in [-0.2, -0.15) is 0 Å². The first-order valence-corrected chi connectivity index (χ1v) is 8.70. The molecule has 1 amide bonds. The Morgan fingerprint density at radius 1 is 1.23 bits per heavy atom. The Labute approximate surface area is 153 Å². The molecule has 0 unspecified atom stereocenters. The number of ether oxygens (including phenoxy) is 2. The minimum absolute atomic E-state index is 0.165. The zero-order chi connectivity index (χ0) is 18.2. The fraction of sp³-hybridized carbons (Fsp3) is 0.368. The van der Waals surface area contributed by atoms with Crippen LogP contribution in [0.25, 0.3) is 0 Å². The molecule has 26 heavy (non-hydrogen) atoms. The van der Waals surface area contributed by atoms with E-state index in [1.54, 1.807) is 19.4 Å². The highest BCUT2D eigenvalue weighted by Crippen LogP contribution is 2.26. The minimum atomic E-state index is -0.165. The summed E-state index contributed by atoms with van der Waals surface area (Å²) in [5.41, 5.74) is 2.04. The van der Waals surface area contributed by atoms with Gasteiger partial charge >= 0.3 is 0 Å². The van der Waals surface area contributed by atoms with Crippen LogP contribution in [-0.2, 0) is 4.74 Å². The summed E-state index contributed by atoms with van der Waals surface area (Å²) in [6.45, 7) is 4.77. The van der Waals surface area contributed by atoms with Gasteiger partial charge < -0.3 is 20.1 Å². The SMILES string of the molecule is COc1ccccc1Nc1ccc(C(=O)NCCN2CCOCC2)nc1. The number of para-hydroxylation sites is 2. The monoisotopic (exact) mass is 356 g/mol. The van der Waals surface area contributed by atoms with Gasteiger partial charge in [0.2, 0.25) is 0 Å². The van der Waals surface area contributed by atoms with Crippen molar-refractivity contribution >= 4 is 17.3 Å². The van der Waals surface area contributed by atoms with Crippen molar-refractivity contribution in [3.05, 3.63) is 48.3 Å². The number of hydrogen-bond acceptors (Lipinski definition) is 6. The van der Waals surface area contributed by atoms with Crippen LogP contribution in [0.5, 0.6) is 5.75 Å². The number of pyridine rings is 1. The number of nitrogens with zero attached hydrogens (tertiary/aromatic N) is 2. The number of carbonyl (C=O) groups is 1. The molecule has 1 saturated heterocycles. The van der Waals surface area contributed by atoms with Crippen molar-refractivity contribution in [3.8, 4) is 5.75 Å². The minimum Gasteiger partial charge on any atom is -0.495 e. The molecule has 0 saturated carbocycles. The van der Waals surface area contributed by atoms with E-state index in [1.165, 1.54) is 0 Å². The van der Waals surface area contributed by atoms with Crippen LogP contribution in [0.15, 0.2) is 42.6 Å². The number of hydrogen-bond donors (Lipinski definition) is 2. The van der Waals surface area contributed by atoms with Crippen LogP contribution >= 0.6 is 0 Å². The molecule has 1 aliphatic rings. The maximum atomic E-state index is 12.2. The first kappa shape index (κ1) is 18.2. The standard InChI is InChI=1S/C19H24N4O3/c1-25-18-5-3-2-4-16(18)22-15-6-7-17(21-14-15)19(24)20-8-9-23-10-12-26-13-11-23/h2-7,14,22H,8-13H2,1H3,(H,20,24). The van der Waals surface area contributed by atoms with E-state index in [1.807, 2.05) is 30.3 Å². The third-order valence-corrected chi connectivity index (χ3v) is 4.20. The Morgan fingerprint density at radius 2 is 2.04 bits per heavy atom.